The van der Waals surface area contributed by atoms with E-state index in [9.17, 15) is 0 Å². The van der Waals surface area contributed by atoms with Crippen molar-refractivity contribution in [2.24, 2.45) is 5.92 Å². The molecule has 0 aromatic heterocycles. The van der Waals surface area contributed by atoms with E-state index in [0.717, 1.165) is 32.1 Å². The van der Waals surface area contributed by atoms with Gasteiger partial charge in [0.05, 0.1) is 18.8 Å². The van der Waals surface area contributed by atoms with Gasteiger partial charge < -0.3 is 14.8 Å². The molecule has 18 heavy (non-hydrogen) atoms. The molecule has 2 saturated heterocycles. The van der Waals surface area contributed by atoms with Crippen LogP contribution in [0.3, 0.4) is 0 Å². The Bertz CT molecular complexity index is 299. The van der Waals surface area contributed by atoms with Crippen LogP contribution in [-0.4, -0.2) is 37.0 Å². The van der Waals surface area contributed by atoms with Crippen molar-refractivity contribution in [1.82, 2.24) is 5.32 Å². The summed E-state index contributed by atoms with van der Waals surface area (Å²) in [6.45, 7) is 7.07. The molecule has 0 amide bonds. The first kappa shape index (κ1) is 12.9. The second kappa shape index (κ2) is 4.77. The molecule has 3 nitrogen and oxygen atoms in total. The lowest BCUT2D eigenvalue weighted by molar-refractivity contribution is -0.173. The van der Waals surface area contributed by atoms with Crippen molar-refractivity contribution in [3.63, 3.8) is 0 Å². The Hall–Kier alpha value is -0.120. The van der Waals surface area contributed by atoms with E-state index >= 15 is 0 Å². The Morgan fingerprint density at radius 2 is 1.89 bits per heavy atom. The SMILES string of the molecule is CC1(C)OCCC12OCCNC2CC1CCCC1. The molecule has 1 spiro atoms. The smallest absolute Gasteiger partial charge is 0.114 e. The summed E-state index contributed by atoms with van der Waals surface area (Å²) in [6, 6.07) is 0.479. The van der Waals surface area contributed by atoms with Gasteiger partial charge in [0.1, 0.15) is 5.60 Å². The molecule has 3 rings (SSSR count). The van der Waals surface area contributed by atoms with Gasteiger partial charge in [0, 0.05) is 19.0 Å². The number of hydrogen-bond acceptors (Lipinski definition) is 3. The summed E-state index contributed by atoms with van der Waals surface area (Å²) in [5, 5.41) is 3.73. The van der Waals surface area contributed by atoms with Gasteiger partial charge in [-0.25, -0.2) is 0 Å². The fraction of sp³-hybridized carbons (Fsp3) is 1.00. The highest BCUT2D eigenvalue weighted by molar-refractivity contribution is 5.10. The van der Waals surface area contributed by atoms with Crippen molar-refractivity contribution in [3.05, 3.63) is 0 Å². The van der Waals surface area contributed by atoms with E-state index in [4.69, 9.17) is 9.47 Å². The first-order chi connectivity index (χ1) is 8.64. The maximum absolute atomic E-state index is 6.28. The molecule has 104 valence electrons. The predicted octanol–water partition coefficient (Wildman–Crippen LogP) is 2.49. The molecule has 3 heteroatoms. The minimum absolute atomic E-state index is 0.0894. The predicted molar refractivity (Wildman–Crippen MR) is 71.7 cm³/mol. The summed E-state index contributed by atoms with van der Waals surface area (Å²) >= 11 is 0. The third kappa shape index (κ3) is 2.00. The van der Waals surface area contributed by atoms with Gasteiger partial charge in [-0.15, -0.1) is 0 Å². The maximum atomic E-state index is 6.28. The first-order valence-corrected chi connectivity index (χ1v) is 7.65. The highest BCUT2D eigenvalue weighted by Gasteiger charge is 2.57. The van der Waals surface area contributed by atoms with Crippen molar-refractivity contribution in [1.29, 1.82) is 0 Å². The Morgan fingerprint density at radius 1 is 1.11 bits per heavy atom. The van der Waals surface area contributed by atoms with Crippen LogP contribution in [0.25, 0.3) is 0 Å². The summed E-state index contributed by atoms with van der Waals surface area (Å²) in [5.74, 6) is 0.900. The minimum atomic E-state index is -0.149. The Balaban J connectivity index is 1.77. The Kier molecular flexibility index (Phi) is 3.41. The normalized spacial score (nSPS) is 40.7. The molecule has 0 aromatic carbocycles. The van der Waals surface area contributed by atoms with Gasteiger partial charge in [-0.3, -0.25) is 0 Å². The number of hydrogen-bond donors (Lipinski definition) is 1. The van der Waals surface area contributed by atoms with Crippen molar-refractivity contribution in [2.75, 3.05) is 19.8 Å². The molecule has 2 atom stereocenters. The zero-order valence-electron chi connectivity index (χ0n) is 11.8. The van der Waals surface area contributed by atoms with Crippen molar-refractivity contribution < 1.29 is 9.47 Å². The van der Waals surface area contributed by atoms with Gasteiger partial charge in [-0.05, 0) is 26.2 Å². The van der Waals surface area contributed by atoms with Gasteiger partial charge in [0.15, 0.2) is 0 Å². The van der Waals surface area contributed by atoms with E-state index < -0.39 is 0 Å². The topological polar surface area (TPSA) is 30.5 Å². The Labute approximate surface area is 111 Å². The van der Waals surface area contributed by atoms with Gasteiger partial charge in [-0.1, -0.05) is 25.7 Å². The highest BCUT2D eigenvalue weighted by atomic mass is 16.6. The van der Waals surface area contributed by atoms with Crippen molar-refractivity contribution in [2.45, 2.75) is 69.6 Å². The van der Waals surface area contributed by atoms with Crippen molar-refractivity contribution in [3.8, 4) is 0 Å². The van der Waals surface area contributed by atoms with Crippen LogP contribution in [0.4, 0.5) is 0 Å². The number of morpholine rings is 1. The van der Waals surface area contributed by atoms with Gasteiger partial charge in [0.2, 0.25) is 0 Å². The summed E-state index contributed by atoms with van der Waals surface area (Å²) in [4.78, 5) is 0. The van der Waals surface area contributed by atoms with E-state index in [1.54, 1.807) is 0 Å². The zero-order chi connectivity index (χ0) is 12.6. The average molecular weight is 253 g/mol. The van der Waals surface area contributed by atoms with Crippen LogP contribution in [0.15, 0.2) is 0 Å². The highest BCUT2D eigenvalue weighted by Crippen LogP contribution is 2.45. The molecule has 1 N–H and O–H groups in total. The van der Waals surface area contributed by atoms with Gasteiger partial charge >= 0.3 is 0 Å². The van der Waals surface area contributed by atoms with E-state index in [-0.39, 0.29) is 11.2 Å². The van der Waals surface area contributed by atoms with E-state index in [2.05, 4.69) is 19.2 Å². The Morgan fingerprint density at radius 3 is 2.56 bits per heavy atom. The van der Waals surface area contributed by atoms with Crippen LogP contribution in [0, 0.1) is 5.92 Å². The number of ether oxygens (including phenoxy) is 2. The average Bonchev–Trinajstić information content (AvgIpc) is 2.92. The van der Waals surface area contributed by atoms with Crippen LogP contribution >= 0.6 is 0 Å². The molecule has 2 aliphatic heterocycles. The third-order valence-electron chi connectivity index (χ3n) is 5.41. The lowest BCUT2D eigenvalue weighted by Crippen LogP contribution is -2.65. The molecule has 1 aliphatic carbocycles. The molecule has 2 unspecified atom stereocenters. The molecule has 2 heterocycles. The number of rotatable bonds is 2. The maximum Gasteiger partial charge on any atom is 0.114 e. The molecule has 0 radical (unpaired) electrons. The van der Waals surface area contributed by atoms with Crippen LogP contribution in [0.1, 0.15) is 52.4 Å². The summed E-state index contributed by atoms with van der Waals surface area (Å²) in [5.41, 5.74) is -0.239. The number of nitrogens with one attached hydrogen (secondary N) is 1. The van der Waals surface area contributed by atoms with Gasteiger partial charge in [-0.2, -0.15) is 0 Å². The molecule has 0 bridgehead atoms. The lowest BCUT2D eigenvalue weighted by atomic mass is 9.74. The largest absolute Gasteiger partial charge is 0.372 e. The molecular formula is C15H27NO2. The second-order valence-corrected chi connectivity index (χ2v) is 6.74. The van der Waals surface area contributed by atoms with Gasteiger partial charge in [0.25, 0.3) is 0 Å². The molecular weight excluding hydrogens is 226 g/mol. The van der Waals surface area contributed by atoms with E-state index in [1.807, 2.05) is 0 Å². The van der Waals surface area contributed by atoms with Crippen LogP contribution in [-0.2, 0) is 9.47 Å². The van der Waals surface area contributed by atoms with Crippen LogP contribution in [0.5, 0.6) is 0 Å². The second-order valence-electron chi connectivity index (χ2n) is 6.74. The van der Waals surface area contributed by atoms with E-state index in [0.29, 0.717) is 6.04 Å². The summed E-state index contributed by atoms with van der Waals surface area (Å²) in [6.07, 6.45) is 7.98. The van der Waals surface area contributed by atoms with Crippen molar-refractivity contribution >= 4 is 0 Å². The van der Waals surface area contributed by atoms with Crippen LogP contribution in [0.2, 0.25) is 0 Å². The monoisotopic (exact) mass is 253 g/mol. The molecule has 3 fully saturated rings. The summed E-state index contributed by atoms with van der Waals surface area (Å²) in [7, 11) is 0. The fourth-order valence-corrected chi connectivity index (χ4v) is 4.31. The standard InChI is InChI=1S/C15H27NO2/c1-14(2)15(7-9-17-14)13(16-8-10-18-15)11-12-5-3-4-6-12/h12-13,16H,3-11H2,1-2H3. The zero-order valence-corrected chi connectivity index (χ0v) is 11.8. The minimum Gasteiger partial charge on any atom is -0.372 e. The lowest BCUT2D eigenvalue weighted by Gasteiger charge is -2.49. The first-order valence-electron chi connectivity index (χ1n) is 7.65. The van der Waals surface area contributed by atoms with Crippen LogP contribution < -0.4 is 5.32 Å². The fourth-order valence-electron chi connectivity index (χ4n) is 4.31. The summed E-state index contributed by atoms with van der Waals surface area (Å²) < 4.78 is 12.2. The molecule has 1 saturated carbocycles. The molecule has 3 aliphatic rings. The van der Waals surface area contributed by atoms with E-state index in [1.165, 1.54) is 32.1 Å². The molecule has 0 aromatic rings. The third-order valence-corrected chi connectivity index (χ3v) is 5.41. The quantitative estimate of drug-likeness (QED) is 0.820.